The molecule has 0 bridgehead atoms. The first-order chi connectivity index (χ1) is 13.5. The van der Waals surface area contributed by atoms with Gasteiger partial charge < -0.3 is 0 Å². The molecule has 0 saturated carbocycles. The van der Waals surface area contributed by atoms with Gasteiger partial charge in [0.25, 0.3) is 0 Å². The fraction of sp³-hybridized carbons (Fsp3) is 0.682. The van der Waals surface area contributed by atoms with E-state index < -0.39 is 21.1 Å². The van der Waals surface area contributed by atoms with Gasteiger partial charge in [-0.3, -0.25) is 0 Å². The van der Waals surface area contributed by atoms with E-state index in [2.05, 4.69) is 32.0 Å². The van der Waals surface area contributed by atoms with Crippen LogP contribution >= 0.6 is 0 Å². The van der Waals surface area contributed by atoms with E-state index in [9.17, 15) is 4.79 Å². The minimum absolute atomic E-state index is 0.383. The number of carbonyl (C=O) groups is 1. The quantitative estimate of drug-likeness (QED) is 0.313. The van der Waals surface area contributed by atoms with E-state index in [0.29, 0.717) is 9.12 Å². The van der Waals surface area contributed by atoms with Crippen molar-refractivity contribution in [3.63, 3.8) is 0 Å². The number of carbonyl (C=O) groups excluding carboxylic acids is 1. The molecule has 6 heteroatoms. The predicted octanol–water partition coefficient (Wildman–Crippen LogP) is 4.88. The van der Waals surface area contributed by atoms with Crippen LogP contribution in [0.1, 0.15) is 94.7 Å². The van der Waals surface area contributed by atoms with Crippen LogP contribution in [0.4, 0.5) is 0 Å². The van der Waals surface area contributed by atoms with Crippen LogP contribution in [0.25, 0.3) is 5.65 Å². The van der Waals surface area contributed by atoms with Crippen LogP contribution in [-0.2, 0) is 4.74 Å². The summed E-state index contributed by atoms with van der Waals surface area (Å²) in [5.41, 5.74) is 1.95. The van der Waals surface area contributed by atoms with Crippen molar-refractivity contribution in [1.82, 2.24) is 14.4 Å². The van der Waals surface area contributed by atoms with Gasteiger partial charge in [0.1, 0.15) is 0 Å². The summed E-state index contributed by atoms with van der Waals surface area (Å²) in [6.45, 7) is 8.81. The second-order valence-electron chi connectivity index (χ2n) is 7.75. The van der Waals surface area contributed by atoms with Crippen molar-refractivity contribution in [1.29, 1.82) is 0 Å². The molecule has 0 aromatic carbocycles. The molecule has 5 nitrogen and oxygen atoms in total. The molecule has 0 saturated heterocycles. The predicted molar refractivity (Wildman–Crippen MR) is 116 cm³/mol. The van der Waals surface area contributed by atoms with Crippen molar-refractivity contribution in [2.24, 2.45) is 0 Å². The van der Waals surface area contributed by atoms with Gasteiger partial charge in [-0.2, -0.15) is 0 Å². The summed E-state index contributed by atoms with van der Waals surface area (Å²) >= 11 is -0.909. The molecule has 154 valence electrons. The summed E-state index contributed by atoms with van der Waals surface area (Å²) in [5.74, 6) is -0.383. The van der Waals surface area contributed by atoms with E-state index in [4.69, 9.17) is 9.72 Å². The molecule has 0 unspecified atom stereocenters. The molecule has 0 amide bonds. The Morgan fingerprint density at radius 1 is 1.11 bits per heavy atom. The van der Waals surface area contributed by atoms with Gasteiger partial charge >= 0.3 is 180 Å². The molecule has 0 aliphatic carbocycles. The van der Waals surface area contributed by atoms with Crippen LogP contribution in [0.2, 0.25) is 3.43 Å². The summed E-state index contributed by atoms with van der Waals surface area (Å²) < 4.78 is 8.65. The number of ether oxygens (including phenoxy) is 1. The summed E-state index contributed by atoms with van der Waals surface area (Å²) in [6, 6.07) is 0. The second-order valence-corrected chi connectivity index (χ2v) is 13.0. The van der Waals surface area contributed by atoms with E-state index in [0.717, 1.165) is 11.3 Å². The molecule has 2 rings (SSSR count). The first-order valence-electron chi connectivity index (χ1n) is 10.7. The number of hydrogen-bond acceptors (Lipinski definition) is 4. The first kappa shape index (κ1) is 23.2. The second kappa shape index (κ2) is 11.2. The number of aryl methyl sites for hydroxylation is 1. The number of esters is 1. The van der Waals surface area contributed by atoms with E-state index in [1.165, 1.54) is 68.6 Å². The third-order valence-corrected chi connectivity index (χ3v) is 10.7. The maximum absolute atomic E-state index is 12.0. The van der Waals surface area contributed by atoms with Gasteiger partial charge in [0.05, 0.1) is 0 Å². The first-order valence-corrected chi connectivity index (χ1v) is 13.6. The topological polar surface area (TPSA) is 56.5 Å². The number of fused-ring (bicyclic) bond motifs is 1. The molecule has 0 atom stereocenters. The molecule has 0 aliphatic heterocycles. The van der Waals surface area contributed by atoms with Crippen LogP contribution in [0.3, 0.4) is 0 Å². The summed E-state index contributed by atoms with van der Waals surface area (Å²) in [6.07, 6.45) is 15.7. The number of imidazole rings is 1. The Balaban J connectivity index is 2.36. The van der Waals surface area contributed by atoms with Crippen molar-refractivity contribution in [3.8, 4) is 0 Å². The monoisotopic (exact) mass is 493 g/mol. The number of unbranched alkanes of at least 4 members (excludes halogenated alkanes) is 3. The van der Waals surface area contributed by atoms with Crippen LogP contribution in [0, 0.1) is 6.92 Å². The molecule has 2 aromatic heterocycles. The molecule has 0 N–H and O–H groups in total. The Bertz CT molecular complexity index is 751. The van der Waals surface area contributed by atoms with Gasteiger partial charge in [-0.25, -0.2) is 0 Å². The van der Waals surface area contributed by atoms with Gasteiger partial charge in [-0.1, -0.05) is 0 Å². The number of aromatic nitrogens is 3. The van der Waals surface area contributed by atoms with Gasteiger partial charge in [-0.15, -0.1) is 0 Å². The molecule has 0 spiro atoms. The third-order valence-electron chi connectivity index (χ3n) is 5.55. The fourth-order valence-corrected chi connectivity index (χ4v) is 8.86. The number of hydrogen-bond donors (Lipinski definition) is 0. The van der Waals surface area contributed by atoms with Crippen LogP contribution < -0.4 is 3.71 Å². The third kappa shape index (κ3) is 5.71. The number of methoxy groups -OCH3 is 1. The van der Waals surface area contributed by atoms with Crippen molar-refractivity contribution in [2.75, 3.05) is 7.11 Å². The molecule has 2 heterocycles. The molecule has 28 heavy (non-hydrogen) atoms. The molecule has 0 aliphatic rings. The average Bonchev–Trinajstić information content (AvgIpc) is 3.04. The average molecular weight is 492 g/mol. The maximum atomic E-state index is 12.0. The summed E-state index contributed by atoms with van der Waals surface area (Å²) in [7, 11) is 1.40. The van der Waals surface area contributed by atoms with E-state index in [1.54, 1.807) is 0 Å². The standard InChI is InChI=1S/C13H27.C9H8N3O2.Sn/c1-4-7-10-13(11-8-5-2)12-9-6-3;1-6-8(9(13)14-2)11-7-5-10-3-4-12(6)7;/h4-12H2,1-3H3;4-5H,1-2H3;. The molecular formula is C22H35N3O2Sn. The van der Waals surface area contributed by atoms with Gasteiger partial charge in [0, 0.05) is 0 Å². The van der Waals surface area contributed by atoms with Gasteiger partial charge in [0.15, 0.2) is 0 Å². The Kier molecular flexibility index (Phi) is 9.24. The van der Waals surface area contributed by atoms with Crippen molar-refractivity contribution in [2.45, 2.75) is 88.9 Å². The normalized spacial score (nSPS) is 11.9. The Hall–Kier alpha value is -1.11. The molecular weight excluding hydrogens is 457 g/mol. The molecule has 0 fully saturated rings. The Morgan fingerprint density at radius 3 is 2.18 bits per heavy atom. The van der Waals surface area contributed by atoms with Crippen LogP contribution in [0.15, 0.2) is 12.4 Å². The van der Waals surface area contributed by atoms with Crippen molar-refractivity contribution in [3.05, 3.63) is 23.8 Å². The minimum atomic E-state index is -0.909. The van der Waals surface area contributed by atoms with E-state index in [-0.39, 0.29) is 5.97 Å². The fourth-order valence-electron chi connectivity index (χ4n) is 3.81. The number of rotatable bonds is 12. The number of nitrogens with zero attached hydrogens (tertiary/aromatic N) is 3. The summed E-state index contributed by atoms with van der Waals surface area (Å²) in [4.78, 5) is 21.2. The zero-order chi connectivity index (χ0) is 20.6. The van der Waals surface area contributed by atoms with Crippen molar-refractivity contribution >= 4 is 36.5 Å². The zero-order valence-electron chi connectivity index (χ0n) is 18.2. The zero-order valence-corrected chi connectivity index (χ0v) is 21.0. The van der Waals surface area contributed by atoms with E-state index in [1.807, 2.05) is 17.5 Å². The molecule has 2 radical (unpaired) electrons. The van der Waals surface area contributed by atoms with Gasteiger partial charge in [-0.05, 0) is 0 Å². The van der Waals surface area contributed by atoms with Crippen molar-refractivity contribution < 1.29 is 9.53 Å². The van der Waals surface area contributed by atoms with Crippen LogP contribution in [-0.4, -0.2) is 48.6 Å². The molecule has 2 aromatic rings. The summed E-state index contributed by atoms with van der Waals surface area (Å²) in [5, 5.41) is 0. The van der Waals surface area contributed by atoms with Crippen LogP contribution in [0.5, 0.6) is 0 Å². The Morgan fingerprint density at radius 2 is 1.68 bits per heavy atom. The Labute approximate surface area is 179 Å². The SMILES string of the molecule is CCCC[C](CCCC)(CCCC)[Sn][c]1cn2c(C)c(C(=O)OC)nc2cn1. The van der Waals surface area contributed by atoms with E-state index >= 15 is 0 Å². The van der Waals surface area contributed by atoms with Gasteiger partial charge in [0.2, 0.25) is 0 Å².